The van der Waals surface area contributed by atoms with Crippen LogP contribution in [0.5, 0.6) is 0 Å². The van der Waals surface area contributed by atoms with Crippen molar-refractivity contribution in [2.45, 2.75) is 90.0 Å². The summed E-state index contributed by atoms with van der Waals surface area (Å²) < 4.78 is 0. The number of rotatable bonds is 15. The van der Waals surface area contributed by atoms with Gasteiger partial charge in [0.15, 0.2) is 0 Å². The maximum absolute atomic E-state index is 12.8. The lowest BCUT2D eigenvalue weighted by Crippen LogP contribution is -2.49. The van der Waals surface area contributed by atoms with Gasteiger partial charge >= 0.3 is 0 Å². The summed E-state index contributed by atoms with van der Waals surface area (Å²) in [5.41, 5.74) is 2.66. The van der Waals surface area contributed by atoms with Crippen LogP contribution in [0.3, 0.4) is 0 Å². The van der Waals surface area contributed by atoms with Crippen LogP contribution in [0.2, 0.25) is 0 Å². The summed E-state index contributed by atoms with van der Waals surface area (Å²) >= 11 is 0. The molecule has 0 spiro atoms. The van der Waals surface area contributed by atoms with Gasteiger partial charge in [0.2, 0.25) is 5.91 Å². The highest BCUT2D eigenvalue weighted by atomic mass is 16.2. The fourth-order valence-corrected chi connectivity index (χ4v) is 5.21. The second-order valence-corrected chi connectivity index (χ2v) is 9.93. The van der Waals surface area contributed by atoms with E-state index in [0.717, 1.165) is 39.0 Å². The van der Waals surface area contributed by atoms with Gasteiger partial charge < -0.3 is 4.90 Å². The topological polar surface area (TPSA) is 23.6 Å². The number of amides is 1. The van der Waals surface area contributed by atoms with Gasteiger partial charge in [0.25, 0.3) is 0 Å². The van der Waals surface area contributed by atoms with E-state index in [2.05, 4.69) is 77.4 Å². The molecular formula is C31H46N2O. The highest BCUT2D eigenvalue weighted by Crippen LogP contribution is 2.29. The molecule has 0 bridgehead atoms. The van der Waals surface area contributed by atoms with Crippen molar-refractivity contribution in [3.05, 3.63) is 71.8 Å². The predicted octanol–water partition coefficient (Wildman–Crippen LogP) is 7.62. The Hall–Kier alpha value is -2.13. The molecule has 1 saturated heterocycles. The SMILES string of the molecule is CCCCCCCCCCCCCC(=O)N1CCN(C(c2ccccc2)c2ccccc2)CC1. The number of nitrogens with zero attached hydrogens (tertiary/aromatic N) is 2. The van der Waals surface area contributed by atoms with Crippen molar-refractivity contribution in [2.75, 3.05) is 26.2 Å². The van der Waals surface area contributed by atoms with Crippen molar-refractivity contribution in [1.29, 1.82) is 0 Å². The molecule has 1 fully saturated rings. The maximum atomic E-state index is 12.8. The highest BCUT2D eigenvalue weighted by Gasteiger charge is 2.27. The van der Waals surface area contributed by atoms with Gasteiger partial charge in [-0.25, -0.2) is 0 Å². The van der Waals surface area contributed by atoms with E-state index >= 15 is 0 Å². The van der Waals surface area contributed by atoms with E-state index < -0.39 is 0 Å². The van der Waals surface area contributed by atoms with Crippen molar-refractivity contribution in [3.8, 4) is 0 Å². The van der Waals surface area contributed by atoms with Crippen LogP contribution in [-0.4, -0.2) is 41.9 Å². The molecule has 3 heteroatoms. The normalized spacial score (nSPS) is 14.6. The van der Waals surface area contributed by atoms with Gasteiger partial charge in [-0.2, -0.15) is 0 Å². The molecule has 0 saturated carbocycles. The minimum atomic E-state index is 0.256. The average molecular weight is 463 g/mol. The van der Waals surface area contributed by atoms with E-state index in [1.165, 1.54) is 75.3 Å². The first-order chi connectivity index (χ1) is 16.8. The molecular weight excluding hydrogens is 416 g/mol. The van der Waals surface area contributed by atoms with Crippen LogP contribution < -0.4 is 0 Å². The van der Waals surface area contributed by atoms with Crippen molar-refractivity contribution in [3.63, 3.8) is 0 Å². The van der Waals surface area contributed by atoms with Crippen LogP contribution in [0.4, 0.5) is 0 Å². The Morgan fingerprint density at radius 3 is 1.56 bits per heavy atom. The first kappa shape index (κ1) is 26.5. The van der Waals surface area contributed by atoms with E-state index in [-0.39, 0.29) is 6.04 Å². The Kier molecular flexibility index (Phi) is 12.2. The zero-order valence-corrected chi connectivity index (χ0v) is 21.5. The summed E-state index contributed by atoms with van der Waals surface area (Å²) in [6.07, 6.45) is 15.3. The largest absolute Gasteiger partial charge is 0.340 e. The molecule has 0 unspecified atom stereocenters. The molecule has 0 aromatic heterocycles. The Morgan fingerprint density at radius 1 is 0.647 bits per heavy atom. The van der Waals surface area contributed by atoms with Gasteiger partial charge in [-0.1, -0.05) is 132 Å². The van der Waals surface area contributed by atoms with Crippen LogP contribution in [-0.2, 0) is 4.79 Å². The number of carbonyl (C=O) groups is 1. The lowest BCUT2D eigenvalue weighted by atomic mass is 9.96. The molecule has 0 radical (unpaired) electrons. The number of hydrogen-bond acceptors (Lipinski definition) is 2. The third-order valence-electron chi connectivity index (χ3n) is 7.26. The molecule has 186 valence electrons. The molecule has 3 rings (SSSR count). The van der Waals surface area contributed by atoms with Crippen LogP contribution in [0.1, 0.15) is 101 Å². The summed E-state index contributed by atoms with van der Waals surface area (Å²) in [7, 11) is 0. The van der Waals surface area contributed by atoms with Crippen molar-refractivity contribution >= 4 is 5.91 Å². The third-order valence-corrected chi connectivity index (χ3v) is 7.26. The first-order valence-corrected chi connectivity index (χ1v) is 13.9. The second-order valence-electron chi connectivity index (χ2n) is 9.93. The van der Waals surface area contributed by atoms with Crippen molar-refractivity contribution in [1.82, 2.24) is 9.80 Å². The van der Waals surface area contributed by atoms with Gasteiger partial charge in [-0.3, -0.25) is 9.69 Å². The number of benzene rings is 2. The molecule has 2 aromatic rings. The average Bonchev–Trinajstić information content (AvgIpc) is 2.89. The van der Waals surface area contributed by atoms with Gasteiger partial charge in [0, 0.05) is 32.6 Å². The first-order valence-electron chi connectivity index (χ1n) is 13.9. The van der Waals surface area contributed by atoms with E-state index in [9.17, 15) is 4.79 Å². The zero-order chi connectivity index (χ0) is 23.8. The molecule has 2 aromatic carbocycles. The molecule has 0 atom stereocenters. The number of piperazine rings is 1. The maximum Gasteiger partial charge on any atom is 0.222 e. The standard InChI is InChI=1S/C31H46N2O/c1-2-3-4-5-6-7-8-9-10-11-18-23-30(34)32-24-26-33(27-25-32)31(28-19-14-12-15-20-28)29-21-16-13-17-22-29/h12-17,19-22,31H,2-11,18,23-27H2,1H3. The fourth-order valence-electron chi connectivity index (χ4n) is 5.21. The lowest BCUT2D eigenvalue weighted by Gasteiger charge is -2.40. The van der Waals surface area contributed by atoms with E-state index in [4.69, 9.17) is 0 Å². The molecule has 1 heterocycles. The monoisotopic (exact) mass is 462 g/mol. The molecule has 34 heavy (non-hydrogen) atoms. The molecule has 1 aliphatic rings. The Balaban J connectivity index is 1.34. The van der Waals surface area contributed by atoms with Crippen LogP contribution in [0, 0.1) is 0 Å². The summed E-state index contributed by atoms with van der Waals surface area (Å²) in [5, 5.41) is 0. The Labute approximate surface area is 208 Å². The minimum absolute atomic E-state index is 0.256. The molecule has 0 aliphatic carbocycles. The molecule has 1 amide bonds. The summed E-state index contributed by atoms with van der Waals surface area (Å²) in [5.74, 6) is 0.353. The number of hydrogen-bond donors (Lipinski definition) is 0. The van der Waals surface area contributed by atoms with Gasteiger partial charge in [0.1, 0.15) is 0 Å². The predicted molar refractivity (Wildman–Crippen MR) is 144 cm³/mol. The van der Waals surface area contributed by atoms with E-state index in [0.29, 0.717) is 5.91 Å². The Morgan fingerprint density at radius 2 is 1.09 bits per heavy atom. The van der Waals surface area contributed by atoms with Crippen LogP contribution in [0.15, 0.2) is 60.7 Å². The second kappa shape index (κ2) is 15.7. The van der Waals surface area contributed by atoms with Gasteiger partial charge in [-0.05, 0) is 17.5 Å². The highest BCUT2D eigenvalue weighted by molar-refractivity contribution is 5.76. The minimum Gasteiger partial charge on any atom is -0.340 e. The zero-order valence-electron chi connectivity index (χ0n) is 21.5. The van der Waals surface area contributed by atoms with Gasteiger partial charge in [-0.15, -0.1) is 0 Å². The third kappa shape index (κ3) is 8.91. The molecule has 0 N–H and O–H groups in total. The van der Waals surface area contributed by atoms with Gasteiger partial charge in [0.05, 0.1) is 6.04 Å². The summed E-state index contributed by atoms with van der Waals surface area (Å²) in [6, 6.07) is 21.8. The molecule has 1 aliphatic heterocycles. The molecule has 3 nitrogen and oxygen atoms in total. The van der Waals surface area contributed by atoms with Crippen LogP contribution >= 0.6 is 0 Å². The smallest absolute Gasteiger partial charge is 0.222 e. The number of unbranched alkanes of at least 4 members (excludes halogenated alkanes) is 10. The summed E-state index contributed by atoms with van der Waals surface area (Å²) in [6.45, 7) is 5.81. The summed E-state index contributed by atoms with van der Waals surface area (Å²) in [4.78, 5) is 17.4. The fraction of sp³-hybridized carbons (Fsp3) is 0.581. The number of carbonyl (C=O) groups excluding carboxylic acids is 1. The van der Waals surface area contributed by atoms with Crippen molar-refractivity contribution < 1.29 is 4.79 Å². The van der Waals surface area contributed by atoms with E-state index in [1.54, 1.807) is 0 Å². The van der Waals surface area contributed by atoms with E-state index in [1.807, 2.05) is 0 Å². The lowest BCUT2D eigenvalue weighted by molar-refractivity contribution is -0.133. The Bertz CT molecular complexity index is 744. The van der Waals surface area contributed by atoms with Crippen molar-refractivity contribution in [2.24, 2.45) is 0 Å². The quantitative estimate of drug-likeness (QED) is 0.254. The van der Waals surface area contributed by atoms with Crippen LogP contribution in [0.25, 0.3) is 0 Å².